The molecule has 0 amide bonds. The monoisotopic (exact) mass is 349 g/mol. The number of benzene rings is 3. The van der Waals surface area contributed by atoms with Crippen molar-refractivity contribution in [2.75, 3.05) is 5.43 Å². The molecule has 0 unspecified atom stereocenters. The van der Waals surface area contributed by atoms with E-state index in [-0.39, 0.29) is 5.69 Å². The van der Waals surface area contributed by atoms with Gasteiger partial charge >= 0.3 is 0 Å². The number of non-ortho nitro benzene ring substituents is 1. The Hall–Kier alpha value is -3.12. The molecule has 0 aliphatic rings. The van der Waals surface area contributed by atoms with Gasteiger partial charge in [0.1, 0.15) is 0 Å². The summed E-state index contributed by atoms with van der Waals surface area (Å²) < 4.78 is 0. The summed E-state index contributed by atoms with van der Waals surface area (Å²) in [5, 5.41) is 15.3. The molecule has 3 rings (SSSR count). The first-order valence-electron chi connectivity index (χ1n) is 7.58. The van der Waals surface area contributed by atoms with Gasteiger partial charge in [-0.1, -0.05) is 48.2 Å². The SMILES string of the molecule is O=[N+]([O-])c1ccc(Sc2ccccc2)c(C=NNc2ccccc2)c1. The van der Waals surface area contributed by atoms with Gasteiger partial charge in [-0.05, 0) is 30.3 Å². The van der Waals surface area contributed by atoms with Crippen LogP contribution in [0.4, 0.5) is 11.4 Å². The Bertz CT molecular complexity index is 884. The highest BCUT2D eigenvalue weighted by molar-refractivity contribution is 7.99. The van der Waals surface area contributed by atoms with Crippen LogP contribution in [-0.4, -0.2) is 11.1 Å². The van der Waals surface area contributed by atoms with Gasteiger partial charge in [0.25, 0.3) is 5.69 Å². The van der Waals surface area contributed by atoms with Gasteiger partial charge in [-0.15, -0.1) is 0 Å². The summed E-state index contributed by atoms with van der Waals surface area (Å²) in [5.41, 5.74) is 4.50. The minimum atomic E-state index is -0.404. The third kappa shape index (κ3) is 4.68. The zero-order valence-electron chi connectivity index (χ0n) is 13.2. The second-order valence-corrected chi connectivity index (χ2v) is 6.25. The maximum atomic E-state index is 11.1. The number of nitrogens with zero attached hydrogens (tertiary/aromatic N) is 2. The van der Waals surface area contributed by atoms with Crippen molar-refractivity contribution in [1.82, 2.24) is 0 Å². The van der Waals surface area contributed by atoms with Crippen molar-refractivity contribution >= 4 is 29.4 Å². The number of hydrogen-bond donors (Lipinski definition) is 1. The lowest BCUT2D eigenvalue weighted by molar-refractivity contribution is -0.384. The Morgan fingerprint density at radius 3 is 2.32 bits per heavy atom. The quantitative estimate of drug-likeness (QED) is 0.378. The van der Waals surface area contributed by atoms with Gasteiger partial charge in [-0.2, -0.15) is 5.10 Å². The van der Waals surface area contributed by atoms with Crippen molar-refractivity contribution in [2.24, 2.45) is 5.10 Å². The summed E-state index contributed by atoms with van der Waals surface area (Å²) in [4.78, 5) is 12.6. The molecule has 0 aliphatic carbocycles. The van der Waals surface area contributed by atoms with Gasteiger partial charge in [0.15, 0.2) is 0 Å². The highest BCUT2D eigenvalue weighted by atomic mass is 32.2. The Morgan fingerprint density at radius 2 is 1.64 bits per heavy atom. The molecule has 6 heteroatoms. The van der Waals surface area contributed by atoms with Crippen LogP contribution >= 0.6 is 11.8 Å². The largest absolute Gasteiger partial charge is 0.279 e. The van der Waals surface area contributed by atoms with Gasteiger partial charge in [0.05, 0.1) is 16.8 Å². The van der Waals surface area contributed by atoms with Crippen LogP contribution in [0.2, 0.25) is 0 Å². The molecule has 0 spiro atoms. The van der Waals surface area contributed by atoms with Crippen LogP contribution in [0.5, 0.6) is 0 Å². The van der Waals surface area contributed by atoms with E-state index in [1.165, 1.54) is 23.9 Å². The molecule has 25 heavy (non-hydrogen) atoms. The van der Waals surface area contributed by atoms with E-state index >= 15 is 0 Å². The number of rotatable bonds is 6. The molecule has 0 saturated heterocycles. The number of hydrogen-bond acceptors (Lipinski definition) is 5. The second kappa shape index (κ2) is 8.12. The van der Waals surface area contributed by atoms with E-state index in [9.17, 15) is 10.1 Å². The van der Waals surface area contributed by atoms with Crippen molar-refractivity contribution < 1.29 is 4.92 Å². The summed E-state index contributed by atoms with van der Waals surface area (Å²) >= 11 is 1.54. The lowest BCUT2D eigenvalue weighted by Crippen LogP contribution is -1.95. The molecule has 0 bridgehead atoms. The third-order valence-corrected chi connectivity index (χ3v) is 4.45. The van der Waals surface area contributed by atoms with Crippen LogP contribution in [-0.2, 0) is 0 Å². The van der Waals surface area contributed by atoms with E-state index in [0.717, 1.165) is 15.5 Å². The highest BCUT2D eigenvalue weighted by Crippen LogP contribution is 2.31. The average molecular weight is 349 g/mol. The van der Waals surface area contributed by atoms with Crippen LogP contribution in [0.15, 0.2) is 93.8 Å². The topological polar surface area (TPSA) is 67.5 Å². The number of nitro groups is 1. The number of nitrogens with one attached hydrogen (secondary N) is 1. The van der Waals surface area contributed by atoms with Crippen LogP contribution in [0, 0.1) is 10.1 Å². The van der Waals surface area contributed by atoms with Crippen LogP contribution in [0.3, 0.4) is 0 Å². The van der Waals surface area contributed by atoms with E-state index in [4.69, 9.17) is 0 Å². The molecular formula is C19H15N3O2S. The van der Waals surface area contributed by atoms with Crippen LogP contribution < -0.4 is 5.43 Å². The first-order chi connectivity index (χ1) is 12.2. The fourth-order valence-electron chi connectivity index (χ4n) is 2.15. The fourth-order valence-corrected chi connectivity index (χ4v) is 3.06. The number of nitro benzene ring substituents is 1. The van der Waals surface area contributed by atoms with Crippen molar-refractivity contribution in [3.05, 3.63) is 94.5 Å². The summed E-state index contributed by atoms with van der Waals surface area (Å²) in [5.74, 6) is 0. The lowest BCUT2D eigenvalue weighted by atomic mass is 10.2. The fraction of sp³-hybridized carbons (Fsp3) is 0. The Kier molecular flexibility index (Phi) is 5.43. The maximum Gasteiger partial charge on any atom is 0.270 e. The zero-order valence-corrected chi connectivity index (χ0v) is 14.0. The Labute approximate surface area is 149 Å². The van der Waals surface area contributed by atoms with Gasteiger partial charge in [-0.3, -0.25) is 15.5 Å². The van der Waals surface area contributed by atoms with Crippen molar-refractivity contribution in [3.63, 3.8) is 0 Å². The predicted molar refractivity (Wildman–Crippen MR) is 101 cm³/mol. The van der Waals surface area contributed by atoms with Crippen molar-refractivity contribution in [1.29, 1.82) is 0 Å². The predicted octanol–water partition coefficient (Wildman–Crippen LogP) is 5.19. The van der Waals surface area contributed by atoms with E-state index in [2.05, 4.69) is 10.5 Å². The molecular weight excluding hydrogens is 334 g/mol. The molecule has 1 N–H and O–H groups in total. The molecule has 5 nitrogen and oxygen atoms in total. The van der Waals surface area contributed by atoms with E-state index < -0.39 is 4.92 Å². The Morgan fingerprint density at radius 1 is 0.960 bits per heavy atom. The van der Waals surface area contributed by atoms with Crippen molar-refractivity contribution in [3.8, 4) is 0 Å². The van der Waals surface area contributed by atoms with Gasteiger partial charge in [-0.25, -0.2) is 0 Å². The maximum absolute atomic E-state index is 11.1. The Balaban J connectivity index is 1.86. The molecule has 0 aliphatic heterocycles. The third-order valence-electron chi connectivity index (χ3n) is 3.35. The molecule has 0 atom stereocenters. The first kappa shape index (κ1) is 16.7. The first-order valence-corrected chi connectivity index (χ1v) is 8.39. The lowest BCUT2D eigenvalue weighted by Gasteiger charge is -2.06. The average Bonchev–Trinajstić information content (AvgIpc) is 2.64. The summed E-state index contributed by atoms with van der Waals surface area (Å²) in [6, 6.07) is 24.2. The van der Waals surface area contributed by atoms with Gasteiger partial charge < -0.3 is 0 Å². The zero-order chi connectivity index (χ0) is 17.5. The van der Waals surface area contributed by atoms with Crippen LogP contribution in [0.25, 0.3) is 0 Å². The summed E-state index contributed by atoms with van der Waals surface area (Å²) in [6.45, 7) is 0. The molecule has 0 radical (unpaired) electrons. The molecule has 0 saturated carbocycles. The minimum Gasteiger partial charge on any atom is -0.279 e. The molecule has 3 aromatic rings. The molecule has 124 valence electrons. The molecule has 3 aromatic carbocycles. The van der Waals surface area contributed by atoms with Crippen molar-refractivity contribution in [2.45, 2.75) is 9.79 Å². The number of para-hydroxylation sites is 1. The standard InChI is InChI=1S/C19H15N3O2S/c23-22(24)17-11-12-19(25-18-9-5-2-6-10-18)15(13-17)14-20-21-16-7-3-1-4-8-16/h1-14,21H. The second-order valence-electron chi connectivity index (χ2n) is 5.13. The molecule has 0 aromatic heterocycles. The van der Waals surface area contributed by atoms with E-state index in [0.29, 0.717) is 5.56 Å². The van der Waals surface area contributed by atoms with E-state index in [1.807, 2.05) is 60.7 Å². The highest BCUT2D eigenvalue weighted by Gasteiger charge is 2.10. The number of hydrazone groups is 1. The summed E-state index contributed by atoms with van der Waals surface area (Å²) in [6.07, 6.45) is 1.60. The minimum absolute atomic E-state index is 0.0403. The molecule has 0 fully saturated rings. The van der Waals surface area contributed by atoms with E-state index in [1.54, 1.807) is 12.3 Å². The molecule has 0 heterocycles. The number of anilines is 1. The summed E-state index contributed by atoms with van der Waals surface area (Å²) in [7, 11) is 0. The normalized spacial score (nSPS) is 10.7. The van der Waals surface area contributed by atoms with Gasteiger partial charge in [0.2, 0.25) is 0 Å². The van der Waals surface area contributed by atoms with Crippen LogP contribution in [0.1, 0.15) is 5.56 Å². The smallest absolute Gasteiger partial charge is 0.270 e. The van der Waals surface area contributed by atoms with Gasteiger partial charge in [0, 0.05) is 27.5 Å².